The molecule has 3 nitrogen and oxygen atoms in total. The van der Waals surface area contributed by atoms with Crippen LogP contribution in [0.1, 0.15) is 39.0 Å². The molecule has 3 aliphatic rings. The lowest BCUT2D eigenvalue weighted by Gasteiger charge is -2.40. The number of carbonyl (C=O) groups is 1. The minimum absolute atomic E-state index is 0.376. The average molecular weight is 236 g/mol. The molecule has 0 aromatic rings. The van der Waals surface area contributed by atoms with Crippen LogP contribution in [0, 0.1) is 17.8 Å². The Morgan fingerprint density at radius 1 is 1.29 bits per heavy atom. The Labute approximate surface area is 104 Å². The highest BCUT2D eigenvalue weighted by atomic mass is 16.2. The van der Waals surface area contributed by atoms with Gasteiger partial charge in [0.05, 0.1) is 6.04 Å². The molecule has 1 saturated heterocycles. The summed E-state index contributed by atoms with van der Waals surface area (Å²) in [6.07, 6.45) is 6.30. The number of amides is 1. The third-order valence-electron chi connectivity index (χ3n) is 5.00. The maximum Gasteiger partial charge on any atom is 0.226 e. The quantitative estimate of drug-likeness (QED) is 0.804. The molecule has 17 heavy (non-hydrogen) atoms. The number of nitrogens with zero attached hydrogens (tertiary/aromatic N) is 1. The van der Waals surface area contributed by atoms with Crippen LogP contribution < -0.4 is 5.32 Å². The molecule has 0 aromatic heterocycles. The zero-order valence-corrected chi connectivity index (χ0v) is 10.8. The second kappa shape index (κ2) is 4.60. The normalized spacial score (nSPS) is 35.9. The minimum Gasteiger partial charge on any atom is -0.337 e. The Balaban J connectivity index is 1.66. The molecule has 2 aliphatic carbocycles. The molecule has 96 valence electrons. The number of hydrogen-bond acceptors (Lipinski definition) is 2. The van der Waals surface area contributed by atoms with E-state index >= 15 is 0 Å². The van der Waals surface area contributed by atoms with Gasteiger partial charge in [-0.05, 0) is 37.5 Å². The second-order valence-corrected chi connectivity index (χ2v) is 6.13. The van der Waals surface area contributed by atoms with Gasteiger partial charge in [-0.15, -0.1) is 0 Å². The zero-order chi connectivity index (χ0) is 11.8. The summed E-state index contributed by atoms with van der Waals surface area (Å²) >= 11 is 0. The van der Waals surface area contributed by atoms with Crippen molar-refractivity contribution in [3.05, 3.63) is 0 Å². The lowest BCUT2D eigenvalue weighted by atomic mass is 9.87. The molecular formula is C14H24N2O. The topological polar surface area (TPSA) is 32.3 Å². The van der Waals surface area contributed by atoms with Crippen molar-refractivity contribution < 1.29 is 4.79 Å². The minimum atomic E-state index is 0.376. The van der Waals surface area contributed by atoms with Crippen molar-refractivity contribution in [2.75, 3.05) is 19.6 Å². The Kier molecular flexibility index (Phi) is 3.12. The van der Waals surface area contributed by atoms with Crippen molar-refractivity contribution >= 4 is 5.91 Å². The molecule has 3 unspecified atom stereocenters. The number of nitrogens with one attached hydrogen (secondary N) is 1. The fourth-order valence-electron chi connectivity index (χ4n) is 3.97. The Morgan fingerprint density at radius 2 is 2.12 bits per heavy atom. The van der Waals surface area contributed by atoms with Crippen molar-refractivity contribution in [2.45, 2.75) is 45.1 Å². The van der Waals surface area contributed by atoms with Crippen molar-refractivity contribution in [1.82, 2.24) is 10.2 Å². The third-order valence-corrected chi connectivity index (χ3v) is 5.00. The average Bonchev–Trinajstić information content (AvgIpc) is 2.86. The van der Waals surface area contributed by atoms with E-state index in [0.29, 0.717) is 17.9 Å². The van der Waals surface area contributed by atoms with Gasteiger partial charge in [0.25, 0.3) is 0 Å². The van der Waals surface area contributed by atoms with E-state index in [1.54, 1.807) is 0 Å². The SMILES string of the molecule is CCCN(C(=O)C1CC2CCC1C2)C1CNC1. The van der Waals surface area contributed by atoms with Gasteiger partial charge in [0, 0.05) is 25.6 Å². The molecule has 2 saturated carbocycles. The first-order valence-electron chi connectivity index (χ1n) is 7.30. The van der Waals surface area contributed by atoms with E-state index in [2.05, 4.69) is 17.1 Å². The van der Waals surface area contributed by atoms with Crippen LogP contribution in [0.25, 0.3) is 0 Å². The molecule has 1 heterocycles. The number of hydrogen-bond donors (Lipinski definition) is 1. The molecule has 1 amide bonds. The molecule has 1 aliphatic heterocycles. The van der Waals surface area contributed by atoms with Gasteiger partial charge in [-0.1, -0.05) is 13.3 Å². The summed E-state index contributed by atoms with van der Waals surface area (Å²) in [4.78, 5) is 14.8. The van der Waals surface area contributed by atoms with E-state index in [4.69, 9.17) is 0 Å². The molecule has 3 fully saturated rings. The van der Waals surface area contributed by atoms with Gasteiger partial charge in [0.15, 0.2) is 0 Å². The maximum absolute atomic E-state index is 12.7. The first-order valence-corrected chi connectivity index (χ1v) is 7.30. The van der Waals surface area contributed by atoms with E-state index in [1.165, 1.54) is 25.7 Å². The smallest absolute Gasteiger partial charge is 0.226 e. The van der Waals surface area contributed by atoms with Gasteiger partial charge >= 0.3 is 0 Å². The van der Waals surface area contributed by atoms with Crippen LogP contribution >= 0.6 is 0 Å². The van der Waals surface area contributed by atoms with Crippen LogP contribution in [-0.2, 0) is 4.79 Å². The number of rotatable bonds is 4. The highest BCUT2D eigenvalue weighted by Crippen LogP contribution is 2.49. The monoisotopic (exact) mass is 236 g/mol. The lowest BCUT2D eigenvalue weighted by molar-refractivity contribution is -0.140. The van der Waals surface area contributed by atoms with Crippen LogP contribution in [-0.4, -0.2) is 36.5 Å². The predicted molar refractivity (Wildman–Crippen MR) is 67.6 cm³/mol. The largest absolute Gasteiger partial charge is 0.337 e. The second-order valence-electron chi connectivity index (χ2n) is 6.13. The molecule has 2 bridgehead atoms. The summed E-state index contributed by atoms with van der Waals surface area (Å²) in [7, 11) is 0. The zero-order valence-electron chi connectivity index (χ0n) is 10.8. The van der Waals surface area contributed by atoms with E-state index in [1.807, 2.05) is 0 Å². The number of fused-ring (bicyclic) bond motifs is 2. The molecule has 1 N–H and O–H groups in total. The van der Waals surface area contributed by atoms with E-state index in [-0.39, 0.29) is 0 Å². The van der Waals surface area contributed by atoms with Crippen molar-refractivity contribution in [2.24, 2.45) is 17.8 Å². The molecule has 0 spiro atoms. The molecule has 0 radical (unpaired) electrons. The van der Waals surface area contributed by atoms with Gasteiger partial charge in [-0.3, -0.25) is 4.79 Å². The molecule has 3 atom stereocenters. The first-order chi connectivity index (χ1) is 8.29. The summed E-state index contributed by atoms with van der Waals surface area (Å²) in [5.74, 6) is 2.45. The molecule has 0 aromatic carbocycles. The van der Waals surface area contributed by atoms with E-state index in [0.717, 1.165) is 37.9 Å². The van der Waals surface area contributed by atoms with Crippen LogP contribution in [0.3, 0.4) is 0 Å². The molecular weight excluding hydrogens is 212 g/mol. The fourth-order valence-corrected chi connectivity index (χ4v) is 3.97. The summed E-state index contributed by atoms with van der Waals surface area (Å²) in [5, 5.41) is 3.29. The van der Waals surface area contributed by atoms with Gasteiger partial charge < -0.3 is 10.2 Å². The van der Waals surface area contributed by atoms with Gasteiger partial charge in [-0.2, -0.15) is 0 Å². The summed E-state index contributed by atoms with van der Waals surface area (Å²) in [6.45, 7) is 5.14. The van der Waals surface area contributed by atoms with Gasteiger partial charge in [0.1, 0.15) is 0 Å². The Bertz CT molecular complexity index is 301. The van der Waals surface area contributed by atoms with E-state index in [9.17, 15) is 4.79 Å². The standard InChI is InChI=1S/C14H24N2O/c1-2-5-16(12-8-15-9-12)14(17)13-7-10-3-4-11(13)6-10/h10-13,15H,2-9H2,1H3. The van der Waals surface area contributed by atoms with Crippen LogP contribution in [0.4, 0.5) is 0 Å². The summed E-state index contributed by atoms with van der Waals surface area (Å²) in [5.41, 5.74) is 0. The Hall–Kier alpha value is -0.570. The summed E-state index contributed by atoms with van der Waals surface area (Å²) in [6, 6.07) is 0.488. The van der Waals surface area contributed by atoms with Crippen LogP contribution in [0.5, 0.6) is 0 Å². The Morgan fingerprint density at radius 3 is 2.59 bits per heavy atom. The first kappa shape index (κ1) is 11.5. The number of carbonyl (C=O) groups excluding carboxylic acids is 1. The third kappa shape index (κ3) is 1.99. The van der Waals surface area contributed by atoms with Crippen molar-refractivity contribution in [1.29, 1.82) is 0 Å². The van der Waals surface area contributed by atoms with Crippen molar-refractivity contribution in [3.8, 4) is 0 Å². The van der Waals surface area contributed by atoms with Gasteiger partial charge in [-0.25, -0.2) is 0 Å². The van der Waals surface area contributed by atoms with Gasteiger partial charge in [0.2, 0.25) is 5.91 Å². The highest BCUT2D eigenvalue weighted by molar-refractivity contribution is 5.80. The lowest BCUT2D eigenvalue weighted by Crippen LogP contribution is -2.60. The maximum atomic E-state index is 12.7. The molecule has 3 heteroatoms. The van der Waals surface area contributed by atoms with Crippen molar-refractivity contribution in [3.63, 3.8) is 0 Å². The summed E-state index contributed by atoms with van der Waals surface area (Å²) < 4.78 is 0. The predicted octanol–water partition coefficient (Wildman–Crippen LogP) is 1.63. The highest BCUT2D eigenvalue weighted by Gasteiger charge is 2.45. The van der Waals surface area contributed by atoms with Crippen LogP contribution in [0.2, 0.25) is 0 Å². The van der Waals surface area contributed by atoms with E-state index < -0.39 is 0 Å². The van der Waals surface area contributed by atoms with Crippen LogP contribution in [0.15, 0.2) is 0 Å². The molecule has 3 rings (SSSR count). The fraction of sp³-hybridized carbons (Fsp3) is 0.929.